The molecule has 2 atom stereocenters. The van der Waals surface area contributed by atoms with Crippen molar-refractivity contribution in [3.05, 3.63) is 152 Å². The standard InChI is InChI=1S/2C23H22F3N3O5/c2*24-23(25,26)22(31,13-21(30)27-8-10-34-11-9-27)19-15-28(14-16-4-2-1-3-5-16)20-12-17(29(32)33)6-7-18(19)20/h2*1-7,12,15,31H,8-11,13-14H2. The molecule has 4 heterocycles. The maximum absolute atomic E-state index is 14.3. The summed E-state index contributed by atoms with van der Waals surface area (Å²) in [6.07, 6.45) is -10.5. The third kappa shape index (κ3) is 10.3. The Kier molecular flexibility index (Phi) is 14.2. The zero-order chi connectivity index (χ0) is 49.0. The number of non-ortho nitro benzene ring substituents is 2. The Morgan fingerprint density at radius 1 is 0.559 bits per heavy atom. The lowest BCUT2D eigenvalue weighted by Crippen LogP contribution is -2.49. The molecular weight excluding hydrogens is 911 g/mol. The van der Waals surface area contributed by atoms with Crippen LogP contribution in [0.2, 0.25) is 0 Å². The monoisotopic (exact) mass is 954 g/mol. The molecule has 2 N–H and O–H groups in total. The third-order valence-corrected chi connectivity index (χ3v) is 11.9. The number of carbonyl (C=O) groups excluding carboxylic acids is 2. The maximum Gasteiger partial charge on any atom is 0.422 e. The van der Waals surface area contributed by atoms with Gasteiger partial charge in [0.25, 0.3) is 11.4 Å². The van der Waals surface area contributed by atoms with Crippen LogP contribution < -0.4 is 0 Å². The Morgan fingerprint density at radius 3 is 1.21 bits per heavy atom. The van der Waals surface area contributed by atoms with Gasteiger partial charge < -0.3 is 38.6 Å². The van der Waals surface area contributed by atoms with Crippen LogP contribution in [-0.2, 0) is 43.4 Å². The Morgan fingerprint density at radius 2 is 0.897 bits per heavy atom. The van der Waals surface area contributed by atoms with Gasteiger partial charge in [0.2, 0.25) is 11.8 Å². The molecule has 2 amide bonds. The number of halogens is 6. The second kappa shape index (κ2) is 19.8. The summed E-state index contributed by atoms with van der Waals surface area (Å²) in [6, 6.07) is 24.5. The fraction of sp³-hybridized carbons (Fsp3) is 0.348. The molecule has 2 fully saturated rings. The lowest BCUT2D eigenvalue weighted by molar-refractivity contribution is -0.384. The number of alkyl halides is 6. The number of morpholine rings is 2. The van der Waals surface area contributed by atoms with Crippen LogP contribution in [0.15, 0.2) is 109 Å². The van der Waals surface area contributed by atoms with Gasteiger partial charge in [-0.2, -0.15) is 26.3 Å². The Labute approximate surface area is 382 Å². The van der Waals surface area contributed by atoms with Crippen molar-refractivity contribution < 1.29 is 65.5 Å². The highest BCUT2D eigenvalue weighted by molar-refractivity contribution is 5.89. The summed E-state index contributed by atoms with van der Waals surface area (Å²) in [5.41, 5.74) is -6.83. The molecule has 4 aromatic carbocycles. The lowest BCUT2D eigenvalue weighted by atomic mass is 9.88. The normalized spacial score (nSPS) is 16.4. The number of aromatic nitrogens is 2. The lowest BCUT2D eigenvalue weighted by Gasteiger charge is -2.33. The topological polar surface area (TPSA) is 196 Å². The molecule has 68 heavy (non-hydrogen) atoms. The number of benzene rings is 4. The largest absolute Gasteiger partial charge is 0.422 e. The number of nitrogens with zero attached hydrogens (tertiary/aromatic N) is 6. The van der Waals surface area contributed by atoms with E-state index in [-0.39, 0.29) is 98.9 Å². The van der Waals surface area contributed by atoms with Crippen molar-refractivity contribution in [2.75, 3.05) is 52.6 Å². The van der Waals surface area contributed by atoms with Crippen molar-refractivity contribution in [3.8, 4) is 0 Å². The van der Waals surface area contributed by atoms with Gasteiger partial charge in [-0.3, -0.25) is 29.8 Å². The van der Waals surface area contributed by atoms with Crippen molar-refractivity contribution in [2.45, 2.75) is 49.5 Å². The smallest absolute Gasteiger partial charge is 0.378 e. The third-order valence-electron chi connectivity index (χ3n) is 11.9. The van der Waals surface area contributed by atoms with Crippen LogP contribution in [0.5, 0.6) is 0 Å². The van der Waals surface area contributed by atoms with Crippen LogP contribution in [0.3, 0.4) is 0 Å². The van der Waals surface area contributed by atoms with E-state index in [4.69, 9.17) is 9.47 Å². The van der Waals surface area contributed by atoms with E-state index in [9.17, 15) is 66.4 Å². The number of carbonyl (C=O) groups is 2. The zero-order valence-corrected chi connectivity index (χ0v) is 36.0. The van der Waals surface area contributed by atoms with Crippen molar-refractivity contribution in [2.24, 2.45) is 0 Å². The first-order valence-corrected chi connectivity index (χ1v) is 21.1. The minimum atomic E-state index is -5.18. The Hall–Kier alpha value is -6.88. The molecule has 16 nitrogen and oxygen atoms in total. The number of rotatable bonds is 12. The number of nitro groups is 2. The van der Waals surface area contributed by atoms with E-state index < -0.39 is 69.2 Å². The maximum atomic E-state index is 14.3. The van der Waals surface area contributed by atoms with Gasteiger partial charge in [-0.1, -0.05) is 60.7 Å². The van der Waals surface area contributed by atoms with E-state index in [1.807, 2.05) is 0 Å². The highest BCUT2D eigenvalue weighted by Crippen LogP contribution is 2.47. The van der Waals surface area contributed by atoms with Crippen LogP contribution in [-0.4, -0.2) is 116 Å². The first-order valence-electron chi connectivity index (χ1n) is 21.1. The number of aliphatic hydroxyl groups is 2. The van der Waals surface area contributed by atoms with E-state index in [1.54, 1.807) is 60.7 Å². The van der Waals surface area contributed by atoms with Gasteiger partial charge in [-0.05, 0) is 23.3 Å². The zero-order valence-electron chi connectivity index (χ0n) is 36.0. The summed E-state index contributed by atoms with van der Waals surface area (Å²) in [5.74, 6) is -1.71. The van der Waals surface area contributed by atoms with Crippen molar-refractivity contribution in [1.29, 1.82) is 0 Å². The molecular formula is C46H44F6N6O10. The molecule has 0 aliphatic carbocycles. The molecule has 2 unspecified atom stereocenters. The molecule has 0 saturated carbocycles. The summed E-state index contributed by atoms with van der Waals surface area (Å²) < 4.78 is 99.1. The summed E-state index contributed by atoms with van der Waals surface area (Å²) in [6.45, 7) is 1.58. The van der Waals surface area contributed by atoms with Gasteiger partial charge in [-0.15, -0.1) is 0 Å². The van der Waals surface area contributed by atoms with E-state index in [0.29, 0.717) is 0 Å². The minimum Gasteiger partial charge on any atom is -0.378 e. The first kappa shape index (κ1) is 49.0. The quantitative estimate of drug-likeness (QED) is 0.0720. The molecule has 2 aliphatic heterocycles. The highest BCUT2D eigenvalue weighted by Gasteiger charge is 2.59. The number of amides is 2. The van der Waals surface area contributed by atoms with Gasteiger partial charge in [0.15, 0.2) is 11.2 Å². The molecule has 22 heteroatoms. The van der Waals surface area contributed by atoms with Crippen LogP contribution in [0.25, 0.3) is 21.8 Å². The van der Waals surface area contributed by atoms with Crippen LogP contribution in [0.4, 0.5) is 37.7 Å². The van der Waals surface area contributed by atoms with Crippen molar-refractivity contribution >= 4 is 45.0 Å². The van der Waals surface area contributed by atoms with Gasteiger partial charge in [0.1, 0.15) is 0 Å². The first-order chi connectivity index (χ1) is 32.2. The molecule has 0 spiro atoms. The number of ether oxygens (including phenoxy) is 2. The predicted octanol–water partition coefficient (Wildman–Crippen LogP) is 7.19. The summed E-state index contributed by atoms with van der Waals surface area (Å²) >= 11 is 0. The Balaban J connectivity index is 0.000000201. The van der Waals surface area contributed by atoms with E-state index >= 15 is 0 Å². The summed E-state index contributed by atoms with van der Waals surface area (Å²) in [7, 11) is 0. The van der Waals surface area contributed by atoms with E-state index in [0.717, 1.165) is 35.7 Å². The van der Waals surface area contributed by atoms with Gasteiger partial charge in [0, 0.05) is 97.8 Å². The van der Waals surface area contributed by atoms with Gasteiger partial charge in [-0.25, -0.2) is 0 Å². The highest BCUT2D eigenvalue weighted by atomic mass is 19.4. The molecule has 8 rings (SSSR count). The average molecular weight is 955 g/mol. The molecule has 2 aromatic heterocycles. The van der Waals surface area contributed by atoms with E-state index in [2.05, 4.69) is 0 Å². The second-order valence-electron chi connectivity index (χ2n) is 16.3. The summed E-state index contributed by atoms with van der Waals surface area (Å²) in [4.78, 5) is 49.2. The molecule has 0 radical (unpaired) electrons. The molecule has 0 bridgehead atoms. The fourth-order valence-corrected chi connectivity index (χ4v) is 8.25. The van der Waals surface area contributed by atoms with Crippen LogP contribution >= 0.6 is 0 Å². The molecule has 360 valence electrons. The number of fused-ring (bicyclic) bond motifs is 2. The average Bonchev–Trinajstić information content (AvgIpc) is 3.87. The van der Waals surface area contributed by atoms with E-state index in [1.165, 1.54) is 43.2 Å². The second-order valence-corrected chi connectivity index (χ2v) is 16.3. The van der Waals surface area contributed by atoms with Crippen molar-refractivity contribution in [3.63, 3.8) is 0 Å². The number of hydrogen-bond acceptors (Lipinski definition) is 10. The van der Waals surface area contributed by atoms with Gasteiger partial charge >= 0.3 is 12.4 Å². The number of nitro benzene ring substituents is 2. The fourth-order valence-electron chi connectivity index (χ4n) is 8.25. The minimum absolute atomic E-state index is 0.0175. The molecule has 2 saturated heterocycles. The van der Waals surface area contributed by atoms with Gasteiger partial charge in [0.05, 0.1) is 60.1 Å². The van der Waals surface area contributed by atoms with Crippen LogP contribution in [0.1, 0.15) is 35.1 Å². The van der Waals surface area contributed by atoms with Crippen LogP contribution in [0, 0.1) is 20.2 Å². The SMILES string of the molecule is O=C(CC(O)(c1cn(Cc2ccccc2)c2cc([N+](=O)[O-])ccc12)C(F)(F)F)N1CCOCC1.O=C(CC(O)(c1cn(Cc2ccccc2)c2cc([N+](=O)[O-])ccc12)C(F)(F)F)N1CCOCC1. The molecule has 6 aromatic rings. The summed E-state index contributed by atoms with van der Waals surface area (Å²) in [5, 5.41) is 44.6. The molecule has 2 aliphatic rings. The van der Waals surface area contributed by atoms with Crippen molar-refractivity contribution in [1.82, 2.24) is 18.9 Å². The Bertz CT molecular complexity index is 2600. The number of hydrogen-bond donors (Lipinski definition) is 2. The predicted molar refractivity (Wildman–Crippen MR) is 232 cm³/mol.